The lowest BCUT2D eigenvalue weighted by molar-refractivity contribution is -0.126. The molecule has 2 amide bonds. The topological polar surface area (TPSA) is 95.6 Å². The average molecular weight is 522 g/mol. The molecule has 7 nitrogen and oxygen atoms in total. The first kappa shape index (κ1) is 25.7. The van der Waals surface area contributed by atoms with Crippen LogP contribution in [0.4, 0.5) is 0 Å². The van der Waals surface area contributed by atoms with Crippen LogP contribution in [0.5, 0.6) is 0 Å². The summed E-state index contributed by atoms with van der Waals surface area (Å²) >= 11 is 0. The minimum Gasteiger partial charge on any atom is -0.329 e. The van der Waals surface area contributed by atoms with Crippen molar-refractivity contribution in [1.29, 1.82) is 0 Å². The van der Waals surface area contributed by atoms with E-state index in [1.807, 2.05) is 18.2 Å². The van der Waals surface area contributed by atoms with Gasteiger partial charge in [-0.25, -0.2) is 8.42 Å². The number of hydrogen-bond donors (Lipinski definition) is 2. The first-order valence-electron chi connectivity index (χ1n) is 13.1. The first-order chi connectivity index (χ1) is 17.7. The van der Waals surface area contributed by atoms with Gasteiger partial charge in [-0.3, -0.25) is 9.59 Å². The Kier molecular flexibility index (Phi) is 7.23. The monoisotopic (exact) mass is 521 g/mol. The molecule has 2 aromatic rings. The van der Waals surface area contributed by atoms with Crippen LogP contribution in [0, 0.1) is 5.92 Å². The smallest absolute Gasteiger partial charge is 0.255 e. The number of piperidine rings is 1. The molecule has 2 fully saturated rings. The van der Waals surface area contributed by atoms with E-state index in [0.717, 1.165) is 30.4 Å². The SMILES string of the molecule is C=C1CCC(N2Cc3cc(C[C@H]4CCCC[C@@H]4NCc4ccc(S(C)(=O)=O)cc4)ccc3C2=O)C(=O)N1. The second-order valence-electron chi connectivity index (χ2n) is 10.7. The van der Waals surface area contributed by atoms with Crippen molar-refractivity contribution in [3.63, 3.8) is 0 Å². The minimum atomic E-state index is -3.19. The van der Waals surface area contributed by atoms with Crippen LogP contribution in [-0.4, -0.2) is 43.5 Å². The summed E-state index contributed by atoms with van der Waals surface area (Å²) in [5, 5.41) is 6.52. The molecule has 3 atom stereocenters. The summed E-state index contributed by atoms with van der Waals surface area (Å²) in [5.74, 6) is 0.290. The number of nitrogens with zero attached hydrogens (tertiary/aromatic N) is 1. The third kappa shape index (κ3) is 5.65. The molecule has 0 bridgehead atoms. The van der Waals surface area contributed by atoms with Crippen molar-refractivity contribution in [2.45, 2.75) is 75.0 Å². The van der Waals surface area contributed by atoms with Gasteiger partial charge in [0.05, 0.1) is 4.90 Å². The third-order valence-corrected chi connectivity index (χ3v) is 9.16. The Bertz CT molecular complexity index is 1320. The Hall–Kier alpha value is -2.97. The molecule has 2 aromatic carbocycles. The molecule has 37 heavy (non-hydrogen) atoms. The Balaban J connectivity index is 1.23. The van der Waals surface area contributed by atoms with Gasteiger partial charge in [0, 0.05) is 36.6 Å². The van der Waals surface area contributed by atoms with Crippen LogP contribution in [0.1, 0.15) is 65.6 Å². The number of sulfone groups is 1. The van der Waals surface area contributed by atoms with Gasteiger partial charge in [0.15, 0.2) is 9.84 Å². The molecule has 8 heteroatoms. The molecule has 1 aliphatic carbocycles. The molecule has 0 aromatic heterocycles. The Labute approximate surface area is 219 Å². The van der Waals surface area contributed by atoms with Gasteiger partial charge in [0.2, 0.25) is 5.91 Å². The average Bonchev–Trinajstić information content (AvgIpc) is 3.18. The van der Waals surface area contributed by atoms with Gasteiger partial charge in [-0.15, -0.1) is 0 Å². The zero-order valence-electron chi connectivity index (χ0n) is 21.3. The molecule has 1 saturated heterocycles. The van der Waals surface area contributed by atoms with Crippen molar-refractivity contribution in [3.05, 3.63) is 77.0 Å². The summed E-state index contributed by atoms with van der Waals surface area (Å²) in [4.78, 5) is 27.6. The number of amides is 2. The summed E-state index contributed by atoms with van der Waals surface area (Å²) in [6, 6.07) is 13.2. The Morgan fingerprint density at radius 2 is 1.76 bits per heavy atom. The van der Waals surface area contributed by atoms with Gasteiger partial charge in [-0.05, 0) is 72.9 Å². The molecular formula is C29H35N3O4S. The van der Waals surface area contributed by atoms with E-state index >= 15 is 0 Å². The van der Waals surface area contributed by atoms with Gasteiger partial charge < -0.3 is 15.5 Å². The number of rotatable bonds is 7. The zero-order chi connectivity index (χ0) is 26.2. The second-order valence-corrected chi connectivity index (χ2v) is 12.7. The van der Waals surface area contributed by atoms with Crippen molar-refractivity contribution < 1.29 is 18.0 Å². The van der Waals surface area contributed by atoms with Crippen LogP contribution in [0.2, 0.25) is 0 Å². The van der Waals surface area contributed by atoms with E-state index in [9.17, 15) is 18.0 Å². The molecule has 2 N–H and O–H groups in total. The summed E-state index contributed by atoms with van der Waals surface area (Å²) in [5.41, 5.74) is 4.73. The van der Waals surface area contributed by atoms with E-state index in [1.54, 1.807) is 17.0 Å². The highest BCUT2D eigenvalue weighted by Gasteiger charge is 2.38. The highest BCUT2D eigenvalue weighted by molar-refractivity contribution is 7.90. The first-order valence-corrected chi connectivity index (χ1v) is 15.0. The maximum Gasteiger partial charge on any atom is 0.255 e. The number of nitrogens with one attached hydrogen (secondary N) is 2. The van der Waals surface area contributed by atoms with Gasteiger partial charge in [0.25, 0.3) is 5.91 Å². The zero-order valence-corrected chi connectivity index (χ0v) is 22.1. The molecule has 2 heterocycles. The molecule has 3 aliphatic rings. The maximum absolute atomic E-state index is 13.1. The predicted molar refractivity (Wildman–Crippen MR) is 142 cm³/mol. The Morgan fingerprint density at radius 1 is 1.03 bits per heavy atom. The number of allylic oxidation sites excluding steroid dienone is 1. The summed E-state index contributed by atoms with van der Waals surface area (Å²) < 4.78 is 23.4. The summed E-state index contributed by atoms with van der Waals surface area (Å²) in [7, 11) is -3.19. The highest BCUT2D eigenvalue weighted by atomic mass is 32.2. The number of carbonyl (C=O) groups is 2. The van der Waals surface area contributed by atoms with Crippen LogP contribution < -0.4 is 10.6 Å². The predicted octanol–water partition coefficient (Wildman–Crippen LogP) is 3.73. The van der Waals surface area contributed by atoms with Crippen LogP contribution in [0.3, 0.4) is 0 Å². The molecule has 1 unspecified atom stereocenters. The van der Waals surface area contributed by atoms with Gasteiger partial charge in [0.1, 0.15) is 6.04 Å². The lowest BCUT2D eigenvalue weighted by atomic mass is 9.80. The van der Waals surface area contributed by atoms with E-state index in [1.165, 1.54) is 24.7 Å². The maximum atomic E-state index is 13.1. The second kappa shape index (κ2) is 10.4. The van der Waals surface area contributed by atoms with E-state index in [2.05, 4.69) is 29.3 Å². The number of hydrogen-bond acceptors (Lipinski definition) is 5. The van der Waals surface area contributed by atoms with E-state index < -0.39 is 15.9 Å². The minimum absolute atomic E-state index is 0.0617. The Morgan fingerprint density at radius 3 is 2.49 bits per heavy atom. The van der Waals surface area contributed by atoms with Crippen molar-refractivity contribution in [2.24, 2.45) is 5.92 Å². The fraction of sp³-hybridized carbons (Fsp3) is 0.448. The number of carbonyl (C=O) groups excluding carboxylic acids is 2. The van der Waals surface area contributed by atoms with Crippen LogP contribution in [0.15, 0.2) is 59.6 Å². The summed E-state index contributed by atoms with van der Waals surface area (Å²) in [6.45, 7) is 5.02. The van der Waals surface area contributed by atoms with Crippen molar-refractivity contribution in [2.75, 3.05) is 6.26 Å². The highest BCUT2D eigenvalue weighted by Crippen LogP contribution is 2.32. The van der Waals surface area contributed by atoms with Gasteiger partial charge >= 0.3 is 0 Å². The molecule has 5 rings (SSSR count). The molecule has 196 valence electrons. The standard InChI is InChI=1S/C29H35N3O4S/c1-19-7-14-27(28(33)31-19)32-18-23-16-21(10-13-25(23)29(32)34)15-22-5-3-4-6-26(22)30-17-20-8-11-24(12-9-20)37(2,35)36/h8-13,16,22,26-27,30H,1,3-7,14-15,17-18H2,2H3,(H,31,33)/t22-,26+,27?/m1/s1. The van der Waals surface area contributed by atoms with Crippen LogP contribution in [0.25, 0.3) is 0 Å². The normalized spacial score (nSPS) is 24.2. The van der Waals surface area contributed by atoms with Gasteiger partial charge in [-0.1, -0.05) is 43.7 Å². The van der Waals surface area contributed by atoms with Crippen molar-refractivity contribution in [1.82, 2.24) is 15.5 Å². The van der Waals surface area contributed by atoms with Crippen LogP contribution in [-0.2, 0) is 34.1 Å². The lowest BCUT2D eigenvalue weighted by Gasteiger charge is -2.33. The molecule has 1 saturated carbocycles. The van der Waals surface area contributed by atoms with Crippen molar-refractivity contribution in [3.8, 4) is 0 Å². The van der Waals surface area contributed by atoms with E-state index in [4.69, 9.17) is 0 Å². The quantitative estimate of drug-likeness (QED) is 0.579. The fourth-order valence-electron chi connectivity index (χ4n) is 5.96. The third-order valence-electron chi connectivity index (χ3n) is 8.03. The molecular weight excluding hydrogens is 486 g/mol. The van der Waals surface area contributed by atoms with E-state index in [-0.39, 0.29) is 11.8 Å². The number of fused-ring (bicyclic) bond motifs is 1. The van der Waals surface area contributed by atoms with Gasteiger partial charge in [-0.2, -0.15) is 0 Å². The largest absolute Gasteiger partial charge is 0.329 e. The lowest BCUT2D eigenvalue weighted by Crippen LogP contribution is -2.49. The van der Waals surface area contributed by atoms with Crippen molar-refractivity contribution >= 4 is 21.7 Å². The molecule has 0 spiro atoms. The summed E-state index contributed by atoms with van der Waals surface area (Å²) in [6.07, 6.45) is 8.16. The molecule has 0 radical (unpaired) electrons. The number of benzene rings is 2. The fourth-order valence-corrected chi connectivity index (χ4v) is 6.59. The van der Waals surface area contributed by atoms with Crippen LogP contribution >= 0.6 is 0 Å². The van der Waals surface area contributed by atoms with E-state index in [0.29, 0.717) is 54.0 Å². The molecule has 2 aliphatic heterocycles.